The molecule has 0 aliphatic heterocycles. The highest BCUT2D eigenvalue weighted by Crippen LogP contribution is 2.05. The van der Waals surface area contributed by atoms with E-state index in [9.17, 15) is 29.3 Å². The Morgan fingerprint density at radius 1 is 1.30 bits per heavy atom. The first-order chi connectivity index (χ1) is 10.7. The van der Waals surface area contributed by atoms with Crippen LogP contribution in [0, 0.1) is 10.1 Å². The van der Waals surface area contributed by atoms with E-state index in [2.05, 4.69) is 14.9 Å². The molecule has 0 rings (SSSR count). The molecule has 11 nitrogen and oxygen atoms in total. The van der Waals surface area contributed by atoms with Gasteiger partial charge in [0.2, 0.25) is 11.7 Å². The van der Waals surface area contributed by atoms with Gasteiger partial charge in [-0.3, -0.25) is 9.59 Å². The number of ether oxygens (including phenoxy) is 1. The molecular formula is C11H16N2O9S. The van der Waals surface area contributed by atoms with E-state index in [4.69, 9.17) is 5.11 Å². The highest BCUT2D eigenvalue weighted by atomic mass is 32.2. The molecule has 0 unspecified atom stereocenters. The lowest BCUT2D eigenvalue weighted by atomic mass is 10.3. The van der Waals surface area contributed by atoms with Crippen molar-refractivity contribution in [3.63, 3.8) is 0 Å². The monoisotopic (exact) mass is 352 g/mol. The van der Waals surface area contributed by atoms with Crippen LogP contribution in [-0.4, -0.2) is 64.6 Å². The Bertz CT molecular complexity index is 468. The molecule has 0 aromatic heterocycles. The zero-order valence-corrected chi connectivity index (χ0v) is 13.0. The average Bonchev–Trinajstić information content (AvgIpc) is 2.44. The minimum absolute atomic E-state index is 0.0523. The van der Waals surface area contributed by atoms with Gasteiger partial charge in [-0.25, -0.2) is 9.59 Å². The summed E-state index contributed by atoms with van der Waals surface area (Å²) in [6.07, 6.45) is 0.0523. The molecule has 12 heteroatoms. The molecule has 1 amide bonds. The number of nitrogens with one attached hydrogen (secondary N) is 1. The Labute approximate surface area is 134 Å². The maximum Gasteiger partial charge on any atom is 0.375 e. The molecule has 0 aromatic rings. The highest BCUT2D eigenvalue weighted by Gasteiger charge is 2.21. The fourth-order valence-electron chi connectivity index (χ4n) is 1.19. The third kappa shape index (κ3) is 10.9. The van der Waals surface area contributed by atoms with Crippen molar-refractivity contribution in [2.75, 3.05) is 24.7 Å². The molecule has 0 aliphatic rings. The minimum Gasteiger partial charge on any atom is -0.480 e. The summed E-state index contributed by atoms with van der Waals surface area (Å²) >= 11 is 0.856. The first-order valence-electron chi connectivity index (χ1n) is 6.29. The number of thioether (sulfide) groups is 1. The van der Waals surface area contributed by atoms with Crippen LogP contribution < -0.4 is 5.32 Å². The van der Waals surface area contributed by atoms with Crippen LogP contribution in [0.2, 0.25) is 0 Å². The molecule has 0 heterocycles. The van der Waals surface area contributed by atoms with Crippen LogP contribution >= 0.6 is 11.8 Å². The zero-order chi connectivity index (χ0) is 17.8. The number of Topliss-reactive ketones (excluding diaryl/α,β-unsaturated/α-hetero) is 1. The number of ketones is 1. The molecule has 1 atom stereocenters. The Balaban J connectivity index is 3.94. The summed E-state index contributed by atoms with van der Waals surface area (Å²) in [6.45, 7) is 0.679. The van der Waals surface area contributed by atoms with E-state index in [1.807, 2.05) is 0 Å². The Kier molecular flexibility index (Phi) is 10.1. The fraction of sp³-hybridized carbons (Fsp3) is 0.636. The molecule has 0 bridgehead atoms. The standard InChI is InChI=1S/C11H16N2O9S/c1-7(14)12-8(10(16)17)5-23-6-9(15)11(18)21-3-2-4-22-13(19)20/h8H,2-6H2,1H3,(H,12,14)(H,16,17)/t8-/m0/s1. The number of aliphatic carboxylic acids is 1. The molecule has 0 saturated heterocycles. The molecule has 0 saturated carbocycles. The maximum atomic E-state index is 11.4. The van der Waals surface area contributed by atoms with Gasteiger partial charge in [-0.2, -0.15) is 11.8 Å². The number of carboxylic acids is 1. The molecule has 0 spiro atoms. The fourth-order valence-corrected chi connectivity index (χ4v) is 2.07. The van der Waals surface area contributed by atoms with Gasteiger partial charge in [0.15, 0.2) is 0 Å². The van der Waals surface area contributed by atoms with Crippen molar-refractivity contribution in [3.05, 3.63) is 10.1 Å². The third-order valence-corrected chi connectivity index (χ3v) is 3.17. The van der Waals surface area contributed by atoms with E-state index in [-0.39, 0.29) is 31.1 Å². The number of esters is 1. The Morgan fingerprint density at radius 2 is 1.96 bits per heavy atom. The van der Waals surface area contributed by atoms with E-state index in [0.29, 0.717) is 0 Å². The summed E-state index contributed by atoms with van der Waals surface area (Å²) in [5.41, 5.74) is 0. The van der Waals surface area contributed by atoms with Crippen molar-refractivity contribution in [2.24, 2.45) is 0 Å². The van der Waals surface area contributed by atoms with Crippen molar-refractivity contribution < 1.29 is 38.9 Å². The molecule has 0 aliphatic carbocycles. The van der Waals surface area contributed by atoms with Gasteiger partial charge in [0, 0.05) is 19.1 Å². The van der Waals surface area contributed by atoms with Crippen LogP contribution in [-0.2, 0) is 28.8 Å². The molecule has 23 heavy (non-hydrogen) atoms. The summed E-state index contributed by atoms with van der Waals surface area (Å²) < 4.78 is 4.56. The van der Waals surface area contributed by atoms with E-state index in [1.54, 1.807) is 0 Å². The van der Waals surface area contributed by atoms with Crippen molar-refractivity contribution in [2.45, 2.75) is 19.4 Å². The highest BCUT2D eigenvalue weighted by molar-refractivity contribution is 8.00. The average molecular weight is 352 g/mol. The molecule has 2 N–H and O–H groups in total. The second-order valence-corrected chi connectivity index (χ2v) is 5.11. The lowest BCUT2D eigenvalue weighted by molar-refractivity contribution is -0.757. The Morgan fingerprint density at radius 3 is 2.48 bits per heavy atom. The summed E-state index contributed by atoms with van der Waals surface area (Å²) in [5, 5.41) is 19.9. The van der Waals surface area contributed by atoms with E-state index >= 15 is 0 Å². The number of carbonyl (C=O) groups excluding carboxylic acids is 3. The van der Waals surface area contributed by atoms with Crippen molar-refractivity contribution in [3.8, 4) is 0 Å². The van der Waals surface area contributed by atoms with Crippen LogP contribution in [0.5, 0.6) is 0 Å². The van der Waals surface area contributed by atoms with Crippen molar-refractivity contribution in [1.29, 1.82) is 0 Å². The minimum atomic E-state index is -1.26. The number of carbonyl (C=O) groups is 4. The first-order valence-corrected chi connectivity index (χ1v) is 7.44. The Hall–Kier alpha value is -2.37. The number of carboxylic acid groups (broad SMARTS) is 1. The molecule has 0 aromatic carbocycles. The molecule has 0 radical (unpaired) electrons. The van der Waals surface area contributed by atoms with Gasteiger partial charge in [0.25, 0.3) is 5.09 Å². The smallest absolute Gasteiger partial charge is 0.375 e. The van der Waals surface area contributed by atoms with Crippen molar-refractivity contribution >= 4 is 35.4 Å². The van der Waals surface area contributed by atoms with Gasteiger partial charge in [-0.05, 0) is 0 Å². The molecular weight excluding hydrogens is 336 g/mol. The van der Waals surface area contributed by atoms with E-state index in [1.165, 1.54) is 0 Å². The predicted molar refractivity (Wildman–Crippen MR) is 76.1 cm³/mol. The number of hydrogen-bond donors (Lipinski definition) is 2. The van der Waals surface area contributed by atoms with Gasteiger partial charge >= 0.3 is 11.9 Å². The van der Waals surface area contributed by atoms with Gasteiger partial charge in [-0.1, -0.05) is 0 Å². The number of hydrogen-bond acceptors (Lipinski definition) is 9. The number of nitrogens with zero attached hydrogens (tertiary/aromatic N) is 1. The largest absolute Gasteiger partial charge is 0.480 e. The maximum absolute atomic E-state index is 11.4. The predicted octanol–water partition coefficient (Wildman–Crippen LogP) is -0.980. The zero-order valence-electron chi connectivity index (χ0n) is 12.2. The van der Waals surface area contributed by atoms with Crippen LogP contribution in [0.1, 0.15) is 13.3 Å². The van der Waals surface area contributed by atoms with Crippen LogP contribution in [0.15, 0.2) is 0 Å². The SMILES string of the molecule is CC(=O)N[C@@H](CSCC(=O)C(=O)OCCCO[N+](=O)[O-])C(=O)O. The van der Waals surface area contributed by atoms with E-state index < -0.39 is 34.8 Å². The molecule has 0 fully saturated rings. The van der Waals surface area contributed by atoms with Crippen molar-refractivity contribution in [1.82, 2.24) is 5.32 Å². The van der Waals surface area contributed by atoms with Gasteiger partial charge in [0.1, 0.15) is 6.04 Å². The topological polar surface area (TPSA) is 162 Å². The lowest BCUT2D eigenvalue weighted by Crippen LogP contribution is -2.41. The quantitative estimate of drug-likeness (QED) is 0.147. The summed E-state index contributed by atoms with van der Waals surface area (Å²) in [4.78, 5) is 58.2. The second-order valence-electron chi connectivity index (χ2n) is 4.08. The molecule has 130 valence electrons. The summed E-state index contributed by atoms with van der Waals surface area (Å²) in [5.74, 6) is -4.19. The van der Waals surface area contributed by atoms with Crippen LogP contribution in [0.3, 0.4) is 0 Å². The number of amides is 1. The third-order valence-electron chi connectivity index (χ3n) is 2.14. The number of rotatable bonds is 12. The van der Waals surface area contributed by atoms with E-state index in [0.717, 1.165) is 18.7 Å². The lowest BCUT2D eigenvalue weighted by Gasteiger charge is -2.12. The first kappa shape index (κ1) is 20.6. The normalized spacial score (nSPS) is 11.2. The second kappa shape index (κ2) is 11.2. The van der Waals surface area contributed by atoms with Crippen LogP contribution in [0.4, 0.5) is 0 Å². The summed E-state index contributed by atoms with van der Waals surface area (Å²) in [6, 6.07) is -1.17. The summed E-state index contributed by atoms with van der Waals surface area (Å²) in [7, 11) is 0. The van der Waals surface area contributed by atoms with Gasteiger partial charge in [0.05, 0.1) is 19.0 Å². The van der Waals surface area contributed by atoms with Crippen LogP contribution in [0.25, 0.3) is 0 Å². The van der Waals surface area contributed by atoms with Gasteiger partial charge in [-0.15, -0.1) is 10.1 Å². The van der Waals surface area contributed by atoms with Gasteiger partial charge < -0.3 is 20.0 Å².